The molecule has 0 radical (unpaired) electrons. The summed E-state index contributed by atoms with van der Waals surface area (Å²) in [5.41, 5.74) is 0.0327. The second-order valence-electron chi connectivity index (χ2n) is 8.53. The van der Waals surface area contributed by atoms with Crippen LogP contribution in [0.2, 0.25) is 10.0 Å². The Morgan fingerprint density at radius 2 is 1.90 bits per heavy atom. The van der Waals surface area contributed by atoms with E-state index in [1.165, 1.54) is 6.07 Å². The van der Waals surface area contributed by atoms with Gasteiger partial charge in [-0.2, -0.15) is 0 Å². The molecule has 30 heavy (non-hydrogen) atoms. The molecule has 1 aromatic heterocycles. The molecule has 1 aromatic carbocycles. The summed E-state index contributed by atoms with van der Waals surface area (Å²) in [6, 6.07) is 10.1. The zero-order valence-corrected chi connectivity index (χ0v) is 18.9. The van der Waals surface area contributed by atoms with Crippen LogP contribution < -0.4 is 5.32 Å². The van der Waals surface area contributed by atoms with Gasteiger partial charge in [-0.25, -0.2) is 4.79 Å². The molecule has 0 saturated carbocycles. The fourth-order valence-corrected chi connectivity index (χ4v) is 3.99. The smallest absolute Gasteiger partial charge is 0.410 e. The van der Waals surface area contributed by atoms with Crippen molar-refractivity contribution < 1.29 is 14.3 Å². The first-order chi connectivity index (χ1) is 14.0. The molecule has 1 aliphatic rings. The summed E-state index contributed by atoms with van der Waals surface area (Å²) in [5.74, 6) is -0.310. The van der Waals surface area contributed by atoms with Crippen LogP contribution in [0.1, 0.15) is 43.7 Å². The number of halogens is 2. The first kappa shape index (κ1) is 22.4. The maximum Gasteiger partial charge on any atom is 0.410 e. The third kappa shape index (κ3) is 4.71. The van der Waals surface area contributed by atoms with Gasteiger partial charge in [-0.3, -0.25) is 9.78 Å². The first-order valence-corrected chi connectivity index (χ1v) is 10.4. The Morgan fingerprint density at radius 3 is 2.47 bits per heavy atom. The number of aromatic nitrogens is 1. The Hall–Kier alpha value is -2.31. The molecule has 1 atom stereocenters. The Morgan fingerprint density at radius 1 is 1.20 bits per heavy atom. The van der Waals surface area contributed by atoms with Crippen molar-refractivity contribution in [3.8, 4) is 0 Å². The van der Waals surface area contributed by atoms with Crippen LogP contribution in [0.15, 0.2) is 42.6 Å². The number of nitrogens with one attached hydrogen (secondary N) is 1. The zero-order chi connectivity index (χ0) is 22.1. The van der Waals surface area contributed by atoms with E-state index in [1.54, 1.807) is 23.2 Å². The third-order valence-corrected chi connectivity index (χ3v) is 5.67. The standard InChI is InChI=1S/C22H25Cl2N3O3/c1-14(26-19(28)16-9-8-15(23)11-17(16)24)22(18-7-5-6-10-25-18)12-27(13-22)20(29)30-21(2,3)4/h5-11,14H,12-13H2,1-4H3,(H,26,28)/t14-/m0/s1. The summed E-state index contributed by atoms with van der Waals surface area (Å²) in [6.45, 7) is 8.16. The van der Waals surface area contributed by atoms with Crippen LogP contribution in [0.5, 0.6) is 0 Å². The van der Waals surface area contributed by atoms with Crippen molar-refractivity contribution >= 4 is 35.2 Å². The van der Waals surface area contributed by atoms with Crippen molar-refractivity contribution in [1.82, 2.24) is 15.2 Å². The molecule has 8 heteroatoms. The predicted molar refractivity (Wildman–Crippen MR) is 117 cm³/mol. The molecule has 2 amide bonds. The SMILES string of the molecule is C[C@H](NC(=O)c1ccc(Cl)cc1Cl)C1(c2ccccn2)CN(C(=O)OC(C)(C)C)C1. The largest absolute Gasteiger partial charge is 0.444 e. The van der Waals surface area contributed by atoms with Gasteiger partial charge in [-0.05, 0) is 58.0 Å². The van der Waals surface area contributed by atoms with Crippen LogP contribution in [0, 0.1) is 0 Å². The Balaban J connectivity index is 1.80. The van der Waals surface area contributed by atoms with E-state index in [0.717, 1.165) is 5.69 Å². The molecule has 3 rings (SSSR count). The number of nitrogens with zero attached hydrogens (tertiary/aromatic N) is 2. The van der Waals surface area contributed by atoms with Crippen LogP contribution in [-0.2, 0) is 10.2 Å². The molecule has 0 aliphatic carbocycles. The molecule has 0 unspecified atom stereocenters. The summed E-state index contributed by atoms with van der Waals surface area (Å²) in [7, 11) is 0. The van der Waals surface area contributed by atoms with Gasteiger partial charge in [0.15, 0.2) is 0 Å². The molecule has 1 saturated heterocycles. The first-order valence-electron chi connectivity index (χ1n) is 9.67. The van der Waals surface area contributed by atoms with Crippen LogP contribution >= 0.6 is 23.2 Å². The van der Waals surface area contributed by atoms with Crippen molar-refractivity contribution in [3.05, 3.63) is 63.9 Å². The highest BCUT2D eigenvalue weighted by Gasteiger charge is 2.52. The Bertz CT molecular complexity index is 938. The van der Waals surface area contributed by atoms with Crippen molar-refractivity contribution in [2.75, 3.05) is 13.1 Å². The average Bonchev–Trinajstić information content (AvgIpc) is 2.60. The van der Waals surface area contributed by atoms with Gasteiger partial charge in [0.25, 0.3) is 5.91 Å². The lowest BCUT2D eigenvalue weighted by Crippen LogP contribution is -2.69. The van der Waals surface area contributed by atoms with Gasteiger partial charge >= 0.3 is 6.09 Å². The monoisotopic (exact) mass is 449 g/mol. The molecule has 0 spiro atoms. The molecule has 160 valence electrons. The summed E-state index contributed by atoms with van der Waals surface area (Å²) in [5, 5.41) is 3.76. The lowest BCUT2D eigenvalue weighted by molar-refractivity contribution is -0.0175. The minimum atomic E-state index is -0.578. The van der Waals surface area contributed by atoms with E-state index in [1.807, 2.05) is 45.9 Å². The van der Waals surface area contributed by atoms with E-state index in [9.17, 15) is 9.59 Å². The van der Waals surface area contributed by atoms with Gasteiger partial charge in [-0.15, -0.1) is 0 Å². The summed E-state index contributed by atoms with van der Waals surface area (Å²) in [6.07, 6.45) is 1.32. The van der Waals surface area contributed by atoms with Crippen LogP contribution in [0.25, 0.3) is 0 Å². The number of carbonyl (C=O) groups is 2. The molecule has 1 N–H and O–H groups in total. The number of benzene rings is 1. The summed E-state index contributed by atoms with van der Waals surface area (Å²) in [4.78, 5) is 31.4. The van der Waals surface area contributed by atoms with E-state index in [-0.39, 0.29) is 23.1 Å². The van der Waals surface area contributed by atoms with Gasteiger partial charge in [0.05, 0.1) is 21.7 Å². The molecule has 1 aliphatic heterocycles. The maximum atomic E-state index is 12.8. The van der Waals surface area contributed by atoms with Gasteiger partial charge in [0, 0.05) is 30.4 Å². The Labute approximate surface area is 186 Å². The van der Waals surface area contributed by atoms with E-state index in [4.69, 9.17) is 27.9 Å². The molecular formula is C22H25Cl2N3O3. The number of ether oxygens (including phenoxy) is 1. The van der Waals surface area contributed by atoms with Crippen LogP contribution in [0.3, 0.4) is 0 Å². The quantitative estimate of drug-likeness (QED) is 0.734. The van der Waals surface area contributed by atoms with Gasteiger partial charge in [-0.1, -0.05) is 29.3 Å². The maximum absolute atomic E-state index is 12.8. The van der Waals surface area contributed by atoms with E-state index >= 15 is 0 Å². The fourth-order valence-electron chi connectivity index (χ4n) is 3.49. The van der Waals surface area contributed by atoms with Crippen molar-refractivity contribution in [2.45, 2.75) is 44.8 Å². The number of hydrogen-bond donors (Lipinski definition) is 1. The fraction of sp³-hybridized carbons (Fsp3) is 0.409. The minimum Gasteiger partial charge on any atom is -0.444 e. The second-order valence-corrected chi connectivity index (χ2v) is 9.37. The van der Waals surface area contributed by atoms with Gasteiger partial charge in [0.2, 0.25) is 0 Å². The normalized spacial score (nSPS) is 16.4. The van der Waals surface area contributed by atoms with Crippen LogP contribution in [0.4, 0.5) is 4.79 Å². The van der Waals surface area contributed by atoms with Crippen molar-refractivity contribution in [1.29, 1.82) is 0 Å². The zero-order valence-electron chi connectivity index (χ0n) is 17.4. The number of hydrogen-bond acceptors (Lipinski definition) is 4. The molecule has 0 bridgehead atoms. The topological polar surface area (TPSA) is 71.5 Å². The number of pyridine rings is 1. The van der Waals surface area contributed by atoms with Crippen LogP contribution in [-0.4, -0.2) is 46.6 Å². The van der Waals surface area contributed by atoms with Gasteiger partial charge in [0.1, 0.15) is 5.60 Å². The molecule has 2 aromatic rings. The third-order valence-electron chi connectivity index (χ3n) is 5.12. The predicted octanol–water partition coefficient (Wildman–Crippen LogP) is 4.70. The minimum absolute atomic E-state index is 0.281. The highest BCUT2D eigenvalue weighted by atomic mass is 35.5. The van der Waals surface area contributed by atoms with Crippen molar-refractivity contribution in [2.24, 2.45) is 0 Å². The van der Waals surface area contributed by atoms with E-state index in [0.29, 0.717) is 23.7 Å². The number of carbonyl (C=O) groups excluding carboxylic acids is 2. The summed E-state index contributed by atoms with van der Waals surface area (Å²) < 4.78 is 5.48. The summed E-state index contributed by atoms with van der Waals surface area (Å²) >= 11 is 12.1. The van der Waals surface area contributed by atoms with Gasteiger partial charge < -0.3 is 15.0 Å². The Kier molecular flexibility index (Phi) is 6.29. The lowest BCUT2D eigenvalue weighted by atomic mass is 9.71. The number of rotatable bonds is 4. The molecule has 6 nitrogen and oxygen atoms in total. The molecule has 2 heterocycles. The van der Waals surface area contributed by atoms with E-state index in [2.05, 4.69) is 10.3 Å². The highest BCUT2D eigenvalue weighted by Crippen LogP contribution is 2.38. The number of likely N-dealkylation sites (tertiary alicyclic amines) is 1. The second kappa shape index (κ2) is 8.44. The van der Waals surface area contributed by atoms with Crippen molar-refractivity contribution in [3.63, 3.8) is 0 Å². The number of amides is 2. The lowest BCUT2D eigenvalue weighted by Gasteiger charge is -2.52. The average molecular weight is 450 g/mol. The van der Waals surface area contributed by atoms with E-state index < -0.39 is 11.0 Å². The molecule has 1 fully saturated rings. The highest BCUT2D eigenvalue weighted by molar-refractivity contribution is 6.36. The molecular weight excluding hydrogens is 425 g/mol.